The summed E-state index contributed by atoms with van der Waals surface area (Å²) in [5.74, 6) is 0.533. The lowest BCUT2D eigenvalue weighted by molar-refractivity contribution is -0.115. The van der Waals surface area contributed by atoms with E-state index in [1.807, 2.05) is 37.3 Å². The number of rotatable bonds is 3. The van der Waals surface area contributed by atoms with Crippen LogP contribution < -0.4 is 5.32 Å². The van der Waals surface area contributed by atoms with Crippen LogP contribution in [0.1, 0.15) is 11.1 Å². The minimum atomic E-state index is -0.0692. The molecule has 0 aliphatic rings. The lowest BCUT2D eigenvalue weighted by atomic mass is 10.1. The zero-order valence-corrected chi connectivity index (χ0v) is 13.5. The number of nitrogens with zero attached hydrogens (tertiary/aromatic N) is 1. The van der Waals surface area contributed by atoms with E-state index < -0.39 is 0 Å². The number of nitrogens with one attached hydrogen (secondary N) is 1. The Hall–Kier alpha value is -1.20. The number of amides is 1. The van der Waals surface area contributed by atoms with Gasteiger partial charge in [0, 0.05) is 15.1 Å². The Morgan fingerprint density at radius 1 is 1.21 bits per heavy atom. The Kier molecular flexibility index (Phi) is 4.71. The molecule has 1 aromatic heterocycles. The van der Waals surface area contributed by atoms with Gasteiger partial charge in [-0.25, -0.2) is 4.98 Å². The third kappa shape index (κ3) is 4.14. The van der Waals surface area contributed by atoms with E-state index in [1.165, 1.54) is 0 Å². The van der Waals surface area contributed by atoms with Gasteiger partial charge < -0.3 is 5.32 Å². The Balaban J connectivity index is 2.03. The third-order valence-corrected chi connectivity index (χ3v) is 3.54. The number of pyridine rings is 1. The van der Waals surface area contributed by atoms with Crippen molar-refractivity contribution in [2.75, 3.05) is 5.32 Å². The van der Waals surface area contributed by atoms with Crippen LogP contribution in [0.25, 0.3) is 0 Å². The predicted octanol–water partition coefficient (Wildman–Crippen LogP) is 4.10. The largest absolute Gasteiger partial charge is 0.310 e. The normalized spacial score (nSPS) is 10.3. The standard InChI is InChI=1S/C14H12Br2N2O/c1-9-6-12(16)8-17-14(9)18-13(19)7-10-2-4-11(15)5-3-10/h2-6,8H,7H2,1H3,(H,17,18,19). The molecule has 19 heavy (non-hydrogen) atoms. The SMILES string of the molecule is Cc1cc(Br)cnc1NC(=O)Cc1ccc(Br)cc1. The summed E-state index contributed by atoms with van der Waals surface area (Å²) in [6, 6.07) is 9.61. The molecule has 3 nitrogen and oxygen atoms in total. The van der Waals surface area contributed by atoms with E-state index in [-0.39, 0.29) is 5.91 Å². The van der Waals surface area contributed by atoms with Crippen molar-refractivity contribution < 1.29 is 4.79 Å². The number of hydrogen-bond acceptors (Lipinski definition) is 2. The number of carbonyl (C=O) groups excluding carboxylic acids is 1. The van der Waals surface area contributed by atoms with Gasteiger partial charge in [0.1, 0.15) is 5.82 Å². The van der Waals surface area contributed by atoms with Crippen molar-refractivity contribution >= 4 is 43.6 Å². The fraction of sp³-hybridized carbons (Fsp3) is 0.143. The van der Waals surface area contributed by atoms with Gasteiger partial charge >= 0.3 is 0 Å². The van der Waals surface area contributed by atoms with Crippen LogP contribution in [0.4, 0.5) is 5.82 Å². The van der Waals surface area contributed by atoms with Crippen molar-refractivity contribution in [1.82, 2.24) is 4.98 Å². The van der Waals surface area contributed by atoms with Gasteiger partial charge in [0.15, 0.2) is 0 Å². The molecular formula is C14H12Br2N2O. The quantitative estimate of drug-likeness (QED) is 0.866. The minimum Gasteiger partial charge on any atom is -0.310 e. The summed E-state index contributed by atoms with van der Waals surface area (Å²) >= 11 is 6.71. The summed E-state index contributed by atoms with van der Waals surface area (Å²) in [5, 5.41) is 2.82. The van der Waals surface area contributed by atoms with Gasteiger partial charge in [-0.3, -0.25) is 4.79 Å². The fourth-order valence-electron chi connectivity index (χ4n) is 1.64. The van der Waals surface area contributed by atoms with E-state index in [4.69, 9.17) is 0 Å². The van der Waals surface area contributed by atoms with E-state index in [0.29, 0.717) is 12.2 Å². The third-order valence-electron chi connectivity index (χ3n) is 2.58. The van der Waals surface area contributed by atoms with E-state index in [0.717, 1.165) is 20.1 Å². The summed E-state index contributed by atoms with van der Waals surface area (Å²) in [7, 11) is 0. The average Bonchev–Trinajstić information content (AvgIpc) is 2.36. The van der Waals surface area contributed by atoms with Gasteiger partial charge in [0.25, 0.3) is 0 Å². The van der Waals surface area contributed by atoms with Crippen molar-refractivity contribution in [3.63, 3.8) is 0 Å². The summed E-state index contributed by atoms with van der Waals surface area (Å²) < 4.78 is 1.90. The maximum absolute atomic E-state index is 11.9. The lowest BCUT2D eigenvalue weighted by Crippen LogP contribution is -2.16. The molecule has 0 atom stereocenters. The number of anilines is 1. The second kappa shape index (κ2) is 6.30. The number of benzene rings is 1. The molecule has 1 amide bonds. The molecule has 0 unspecified atom stereocenters. The van der Waals surface area contributed by atoms with Crippen LogP contribution in [0.15, 0.2) is 45.5 Å². The molecule has 2 aromatic rings. The molecule has 0 saturated carbocycles. The molecule has 2 rings (SSSR count). The van der Waals surface area contributed by atoms with Crippen LogP contribution in [-0.4, -0.2) is 10.9 Å². The molecule has 1 N–H and O–H groups in total. The van der Waals surface area contributed by atoms with Crippen molar-refractivity contribution in [3.8, 4) is 0 Å². The fourth-order valence-corrected chi connectivity index (χ4v) is 2.35. The van der Waals surface area contributed by atoms with Crippen LogP contribution in [0.3, 0.4) is 0 Å². The zero-order valence-electron chi connectivity index (χ0n) is 10.3. The van der Waals surface area contributed by atoms with Crippen molar-refractivity contribution in [3.05, 3.63) is 56.6 Å². The molecule has 0 aliphatic heterocycles. The van der Waals surface area contributed by atoms with Crippen LogP contribution in [-0.2, 0) is 11.2 Å². The zero-order chi connectivity index (χ0) is 13.8. The molecule has 0 fully saturated rings. The molecule has 98 valence electrons. The van der Waals surface area contributed by atoms with Gasteiger partial charge in [-0.15, -0.1) is 0 Å². The van der Waals surface area contributed by atoms with Crippen molar-refractivity contribution in [2.45, 2.75) is 13.3 Å². The van der Waals surface area contributed by atoms with E-state index in [1.54, 1.807) is 6.20 Å². The molecule has 5 heteroatoms. The molecule has 0 aliphatic carbocycles. The highest BCUT2D eigenvalue weighted by atomic mass is 79.9. The first-order chi connectivity index (χ1) is 9.04. The monoisotopic (exact) mass is 382 g/mol. The van der Waals surface area contributed by atoms with Gasteiger partial charge in [-0.1, -0.05) is 28.1 Å². The molecule has 0 radical (unpaired) electrons. The number of carbonyl (C=O) groups is 1. The first kappa shape index (κ1) is 14.2. The first-order valence-electron chi connectivity index (χ1n) is 5.71. The van der Waals surface area contributed by atoms with E-state index >= 15 is 0 Å². The maximum Gasteiger partial charge on any atom is 0.229 e. The molecule has 0 spiro atoms. The predicted molar refractivity (Wildman–Crippen MR) is 83.1 cm³/mol. The van der Waals surface area contributed by atoms with Gasteiger partial charge in [-0.05, 0) is 52.2 Å². The molecule has 1 aromatic carbocycles. The van der Waals surface area contributed by atoms with E-state index in [9.17, 15) is 4.79 Å². The van der Waals surface area contributed by atoms with Gasteiger partial charge in [-0.2, -0.15) is 0 Å². The van der Waals surface area contributed by atoms with Crippen molar-refractivity contribution in [2.24, 2.45) is 0 Å². The maximum atomic E-state index is 11.9. The smallest absolute Gasteiger partial charge is 0.229 e. The second-order valence-electron chi connectivity index (χ2n) is 4.17. The van der Waals surface area contributed by atoms with Gasteiger partial charge in [0.2, 0.25) is 5.91 Å². The summed E-state index contributed by atoms with van der Waals surface area (Å²) in [4.78, 5) is 16.1. The minimum absolute atomic E-state index is 0.0692. The van der Waals surface area contributed by atoms with Crippen molar-refractivity contribution in [1.29, 1.82) is 0 Å². The highest BCUT2D eigenvalue weighted by Gasteiger charge is 2.07. The second-order valence-corrected chi connectivity index (χ2v) is 6.00. The Morgan fingerprint density at radius 3 is 2.53 bits per heavy atom. The Bertz CT molecular complexity index is 597. The van der Waals surface area contributed by atoms with E-state index in [2.05, 4.69) is 42.2 Å². The highest BCUT2D eigenvalue weighted by molar-refractivity contribution is 9.10. The van der Waals surface area contributed by atoms with Gasteiger partial charge in [0.05, 0.1) is 6.42 Å². The van der Waals surface area contributed by atoms with Crippen LogP contribution >= 0.6 is 31.9 Å². The number of hydrogen-bond donors (Lipinski definition) is 1. The number of aromatic nitrogens is 1. The highest BCUT2D eigenvalue weighted by Crippen LogP contribution is 2.17. The lowest BCUT2D eigenvalue weighted by Gasteiger charge is -2.07. The summed E-state index contributed by atoms with van der Waals surface area (Å²) in [6.45, 7) is 1.91. The molecular weight excluding hydrogens is 372 g/mol. The first-order valence-corrected chi connectivity index (χ1v) is 7.29. The topological polar surface area (TPSA) is 42.0 Å². The number of aryl methyl sites for hydroxylation is 1. The van der Waals surface area contributed by atoms with Crippen LogP contribution in [0.5, 0.6) is 0 Å². The van der Waals surface area contributed by atoms with Crippen LogP contribution in [0, 0.1) is 6.92 Å². The molecule has 0 saturated heterocycles. The molecule has 1 heterocycles. The Morgan fingerprint density at radius 2 is 1.89 bits per heavy atom. The number of halogens is 2. The summed E-state index contributed by atoms with van der Waals surface area (Å²) in [6.07, 6.45) is 2.01. The summed E-state index contributed by atoms with van der Waals surface area (Å²) in [5.41, 5.74) is 1.90. The van der Waals surface area contributed by atoms with Crippen LogP contribution in [0.2, 0.25) is 0 Å². The molecule has 0 bridgehead atoms. The Labute approximate surface area is 128 Å². The average molecular weight is 384 g/mol.